The van der Waals surface area contributed by atoms with Gasteiger partial charge in [-0.05, 0) is 12.1 Å². The zero-order chi connectivity index (χ0) is 12.5. The van der Waals surface area contributed by atoms with E-state index in [4.69, 9.17) is 0 Å². The number of H-pyrrole nitrogens is 1. The van der Waals surface area contributed by atoms with Gasteiger partial charge in [0, 0.05) is 6.20 Å². The number of aromatic amines is 1. The number of hydrogen-bond acceptors (Lipinski definition) is 4. The van der Waals surface area contributed by atoms with Crippen LogP contribution < -0.4 is 0 Å². The number of methoxy groups -OCH3 is 1. The standard InChI is InChI=1S/C12H10N4O2/c1-18-11(17)8-6-13-16(7-8)12-14-9-4-2-3-5-10(9)15-12/h2-7H,1H3,(H,14,15). The number of nitrogens with one attached hydrogen (secondary N) is 1. The number of nitrogens with zero attached hydrogens (tertiary/aromatic N) is 3. The molecule has 0 saturated heterocycles. The van der Waals surface area contributed by atoms with E-state index >= 15 is 0 Å². The summed E-state index contributed by atoms with van der Waals surface area (Å²) in [6, 6.07) is 7.67. The lowest BCUT2D eigenvalue weighted by Gasteiger charge is -1.93. The van der Waals surface area contributed by atoms with E-state index in [0.717, 1.165) is 11.0 Å². The summed E-state index contributed by atoms with van der Waals surface area (Å²) in [5, 5.41) is 4.07. The first kappa shape index (κ1) is 10.5. The fourth-order valence-corrected chi connectivity index (χ4v) is 1.71. The number of carbonyl (C=O) groups excluding carboxylic acids is 1. The molecule has 1 aromatic carbocycles. The summed E-state index contributed by atoms with van der Waals surface area (Å²) < 4.78 is 6.13. The molecule has 0 amide bonds. The van der Waals surface area contributed by atoms with Crippen molar-refractivity contribution in [3.63, 3.8) is 0 Å². The van der Waals surface area contributed by atoms with Gasteiger partial charge in [0.2, 0.25) is 5.95 Å². The zero-order valence-corrected chi connectivity index (χ0v) is 9.62. The van der Waals surface area contributed by atoms with Crippen molar-refractivity contribution in [2.24, 2.45) is 0 Å². The van der Waals surface area contributed by atoms with Crippen LogP contribution >= 0.6 is 0 Å². The molecule has 3 rings (SSSR count). The highest BCUT2D eigenvalue weighted by atomic mass is 16.5. The maximum absolute atomic E-state index is 11.3. The molecule has 3 aromatic rings. The second-order valence-electron chi connectivity index (χ2n) is 3.74. The minimum atomic E-state index is -0.419. The van der Waals surface area contributed by atoms with Crippen LogP contribution in [-0.2, 0) is 4.74 Å². The molecule has 1 N–H and O–H groups in total. The minimum absolute atomic E-state index is 0.387. The first-order chi connectivity index (χ1) is 8.78. The summed E-state index contributed by atoms with van der Waals surface area (Å²) in [6.07, 6.45) is 3.02. The van der Waals surface area contributed by atoms with Crippen molar-refractivity contribution in [2.45, 2.75) is 0 Å². The number of carbonyl (C=O) groups is 1. The number of hydrogen-bond donors (Lipinski definition) is 1. The molecule has 2 aromatic heterocycles. The molecule has 0 aliphatic rings. The average molecular weight is 242 g/mol. The number of imidazole rings is 1. The maximum Gasteiger partial charge on any atom is 0.341 e. The van der Waals surface area contributed by atoms with Crippen LogP contribution in [0, 0.1) is 0 Å². The molecule has 0 aliphatic carbocycles. The van der Waals surface area contributed by atoms with Gasteiger partial charge in [-0.3, -0.25) is 0 Å². The summed E-state index contributed by atoms with van der Waals surface area (Å²) in [7, 11) is 1.33. The summed E-state index contributed by atoms with van der Waals surface area (Å²) in [4.78, 5) is 18.8. The van der Waals surface area contributed by atoms with Crippen molar-refractivity contribution in [1.29, 1.82) is 0 Å². The van der Waals surface area contributed by atoms with Gasteiger partial charge in [0.25, 0.3) is 0 Å². The molecule has 6 nitrogen and oxygen atoms in total. The van der Waals surface area contributed by atoms with Crippen molar-refractivity contribution < 1.29 is 9.53 Å². The monoisotopic (exact) mass is 242 g/mol. The lowest BCUT2D eigenvalue weighted by molar-refractivity contribution is 0.0600. The SMILES string of the molecule is COC(=O)c1cnn(-c2nc3ccccc3[nH]2)c1. The molecule has 6 heteroatoms. The molecular weight excluding hydrogens is 232 g/mol. The molecule has 0 fully saturated rings. The van der Waals surface area contributed by atoms with Crippen molar-refractivity contribution in [3.05, 3.63) is 42.2 Å². The lowest BCUT2D eigenvalue weighted by Crippen LogP contribution is -2.00. The summed E-state index contributed by atoms with van der Waals surface area (Å²) in [6.45, 7) is 0. The Balaban J connectivity index is 2.03. The minimum Gasteiger partial charge on any atom is -0.465 e. The molecular formula is C12H10N4O2. The van der Waals surface area contributed by atoms with Gasteiger partial charge in [-0.25, -0.2) is 14.5 Å². The van der Waals surface area contributed by atoms with Crippen molar-refractivity contribution in [1.82, 2.24) is 19.7 Å². The molecule has 18 heavy (non-hydrogen) atoms. The number of fused-ring (bicyclic) bond motifs is 1. The molecule has 0 atom stereocenters. The Morgan fingerprint density at radius 1 is 1.39 bits per heavy atom. The average Bonchev–Trinajstić information content (AvgIpc) is 3.03. The molecule has 0 spiro atoms. The third-order valence-corrected chi connectivity index (χ3v) is 2.60. The first-order valence-corrected chi connectivity index (χ1v) is 5.36. The smallest absolute Gasteiger partial charge is 0.341 e. The molecule has 90 valence electrons. The first-order valence-electron chi connectivity index (χ1n) is 5.36. The van der Waals surface area contributed by atoms with Crippen LogP contribution in [-0.4, -0.2) is 32.8 Å². The van der Waals surface area contributed by atoms with Gasteiger partial charge in [-0.15, -0.1) is 0 Å². The Hall–Kier alpha value is -2.63. The zero-order valence-electron chi connectivity index (χ0n) is 9.62. The van der Waals surface area contributed by atoms with E-state index in [0.29, 0.717) is 11.5 Å². The number of benzene rings is 1. The van der Waals surface area contributed by atoms with E-state index in [1.54, 1.807) is 6.20 Å². The highest BCUT2D eigenvalue weighted by Crippen LogP contribution is 2.13. The van der Waals surface area contributed by atoms with Crippen molar-refractivity contribution in [3.8, 4) is 5.95 Å². The Morgan fingerprint density at radius 3 is 3.00 bits per heavy atom. The normalized spacial score (nSPS) is 10.7. The van der Waals surface area contributed by atoms with Crippen LogP contribution in [0.15, 0.2) is 36.7 Å². The van der Waals surface area contributed by atoms with Crippen LogP contribution in [0.2, 0.25) is 0 Å². The van der Waals surface area contributed by atoms with E-state index in [2.05, 4.69) is 19.8 Å². The topological polar surface area (TPSA) is 72.8 Å². The number of aromatic nitrogens is 4. The Bertz CT molecular complexity index is 681. The van der Waals surface area contributed by atoms with Gasteiger partial charge in [-0.1, -0.05) is 12.1 Å². The quantitative estimate of drug-likeness (QED) is 0.692. The number of ether oxygens (including phenoxy) is 1. The van der Waals surface area contributed by atoms with E-state index in [1.165, 1.54) is 18.0 Å². The van der Waals surface area contributed by atoms with Crippen LogP contribution in [0.5, 0.6) is 0 Å². The van der Waals surface area contributed by atoms with E-state index < -0.39 is 5.97 Å². The van der Waals surface area contributed by atoms with Gasteiger partial charge >= 0.3 is 5.97 Å². The molecule has 0 aliphatic heterocycles. The van der Waals surface area contributed by atoms with Gasteiger partial charge in [0.15, 0.2) is 0 Å². The summed E-state index contributed by atoms with van der Waals surface area (Å²) >= 11 is 0. The highest BCUT2D eigenvalue weighted by Gasteiger charge is 2.11. The molecule has 0 unspecified atom stereocenters. The van der Waals surface area contributed by atoms with Crippen LogP contribution in [0.25, 0.3) is 17.0 Å². The van der Waals surface area contributed by atoms with Gasteiger partial charge in [0.05, 0.1) is 29.9 Å². The predicted octanol–water partition coefficient (Wildman–Crippen LogP) is 1.54. The van der Waals surface area contributed by atoms with Gasteiger partial charge < -0.3 is 9.72 Å². The maximum atomic E-state index is 11.3. The lowest BCUT2D eigenvalue weighted by atomic mass is 10.3. The fraction of sp³-hybridized carbons (Fsp3) is 0.0833. The largest absolute Gasteiger partial charge is 0.465 e. The van der Waals surface area contributed by atoms with Crippen LogP contribution in [0.4, 0.5) is 0 Å². The summed E-state index contributed by atoms with van der Waals surface area (Å²) in [5.74, 6) is 0.142. The highest BCUT2D eigenvalue weighted by molar-refractivity contribution is 5.88. The van der Waals surface area contributed by atoms with Crippen molar-refractivity contribution >= 4 is 17.0 Å². The molecule has 0 radical (unpaired) electrons. The van der Waals surface area contributed by atoms with E-state index in [9.17, 15) is 4.79 Å². The predicted molar refractivity (Wildman–Crippen MR) is 64.6 cm³/mol. The van der Waals surface area contributed by atoms with Crippen molar-refractivity contribution in [2.75, 3.05) is 7.11 Å². The number of esters is 1. The third-order valence-electron chi connectivity index (χ3n) is 2.60. The molecule has 0 saturated carbocycles. The molecule has 2 heterocycles. The summed E-state index contributed by atoms with van der Waals surface area (Å²) in [5.41, 5.74) is 2.16. The number of rotatable bonds is 2. The van der Waals surface area contributed by atoms with Gasteiger partial charge in [0.1, 0.15) is 0 Å². The Morgan fingerprint density at radius 2 is 2.22 bits per heavy atom. The molecule has 0 bridgehead atoms. The fourth-order valence-electron chi connectivity index (χ4n) is 1.71. The Labute approximate surface area is 102 Å². The number of para-hydroxylation sites is 2. The second-order valence-corrected chi connectivity index (χ2v) is 3.74. The van der Waals surface area contributed by atoms with E-state index in [-0.39, 0.29) is 0 Å². The van der Waals surface area contributed by atoms with E-state index in [1.807, 2.05) is 24.3 Å². The van der Waals surface area contributed by atoms with Crippen LogP contribution in [0.3, 0.4) is 0 Å². The van der Waals surface area contributed by atoms with Gasteiger partial charge in [-0.2, -0.15) is 5.10 Å². The van der Waals surface area contributed by atoms with Crippen LogP contribution in [0.1, 0.15) is 10.4 Å². The Kier molecular flexibility index (Phi) is 2.33. The third kappa shape index (κ3) is 1.64. The second kappa shape index (κ2) is 3.99.